The van der Waals surface area contributed by atoms with Gasteiger partial charge in [-0.3, -0.25) is 4.57 Å². The van der Waals surface area contributed by atoms with E-state index in [0.717, 1.165) is 30.9 Å². The number of aromatic nitrogens is 5. The number of anilines is 2. The number of benzene rings is 1. The Morgan fingerprint density at radius 1 is 1.02 bits per heavy atom. The largest absolute Gasteiger partial charge is 0.387 e. The molecular formula is C28H36N8O4. The second-order valence-electron chi connectivity index (χ2n) is 10.4. The summed E-state index contributed by atoms with van der Waals surface area (Å²) in [4.78, 5) is 16.5. The molecule has 1 aromatic carbocycles. The molecule has 6 rings (SSSR count). The third kappa shape index (κ3) is 5.52. The summed E-state index contributed by atoms with van der Waals surface area (Å²) in [5, 5.41) is 32.6. The van der Waals surface area contributed by atoms with Crippen LogP contribution in [0.5, 0.6) is 0 Å². The molecule has 4 atom stereocenters. The molecule has 0 amide bonds. The van der Waals surface area contributed by atoms with Crippen molar-refractivity contribution in [1.82, 2.24) is 29.6 Å². The number of nitrogens with one attached hydrogen (secondary N) is 2. The zero-order valence-electron chi connectivity index (χ0n) is 22.6. The van der Waals surface area contributed by atoms with E-state index in [9.17, 15) is 10.2 Å². The van der Waals surface area contributed by atoms with Crippen LogP contribution >= 0.6 is 0 Å². The van der Waals surface area contributed by atoms with Gasteiger partial charge in [-0.05, 0) is 37.9 Å². The Balaban J connectivity index is 1.27. The first-order valence-electron chi connectivity index (χ1n) is 14.1. The van der Waals surface area contributed by atoms with Gasteiger partial charge in [0.05, 0.1) is 12.0 Å². The minimum atomic E-state index is -1.23. The van der Waals surface area contributed by atoms with E-state index < -0.39 is 24.5 Å². The number of hydrogen-bond donors (Lipinski definition) is 4. The van der Waals surface area contributed by atoms with Crippen LogP contribution in [0, 0.1) is 0 Å². The summed E-state index contributed by atoms with van der Waals surface area (Å²) in [6.45, 7) is 6.36. The Hall–Kier alpha value is -3.58. The van der Waals surface area contributed by atoms with E-state index in [1.165, 1.54) is 19.3 Å². The molecule has 40 heavy (non-hydrogen) atoms. The van der Waals surface area contributed by atoms with Gasteiger partial charge in [0, 0.05) is 25.7 Å². The highest BCUT2D eigenvalue weighted by Crippen LogP contribution is 2.40. The second kappa shape index (κ2) is 11.9. The van der Waals surface area contributed by atoms with Crippen LogP contribution in [0.3, 0.4) is 0 Å². The van der Waals surface area contributed by atoms with E-state index >= 15 is 0 Å². The number of rotatable bonds is 10. The van der Waals surface area contributed by atoms with Crippen molar-refractivity contribution in [2.45, 2.75) is 63.7 Å². The lowest BCUT2D eigenvalue weighted by molar-refractivity contribution is -0.0434. The van der Waals surface area contributed by atoms with Gasteiger partial charge in [0.25, 0.3) is 0 Å². The lowest BCUT2D eigenvalue weighted by atomic mass is 10.1. The van der Waals surface area contributed by atoms with Crippen LogP contribution < -0.4 is 10.6 Å². The van der Waals surface area contributed by atoms with Crippen molar-refractivity contribution in [2.75, 3.05) is 36.8 Å². The molecule has 4 unspecified atom stereocenters. The van der Waals surface area contributed by atoms with E-state index in [1.807, 2.05) is 37.3 Å². The average Bonchev–Trinajstić information content (AvgIpc) is 3.71. The highest BCUT2D eigenvalue weighted by molar-refractivity contribution is 5.84. The zero-order valence-corrected chi connectivity index (χ0v) is 22.6. The number of fused-ring (bicyclic) bond motifs is 1. The zero-order chi connectivity index (χ0) is 27.5. The minimum Gasteiger partial charge on any atom is -0.387 e. The Morgan fingerprint density at radius 2 is 1.85 bits per heavy atom. The molecule has 0 spiro atoms. The summed E-state index contributed by atoms with van der Waals surface area (Å²) < 4.78 is 13.2. The fraction of sp³-hybridized carbons (Fsp3) is 0.500. The Kier molecular flexibility index (Phi) is 7.91. The van der Waals surface area contributed by atoms with Crippen LogP contribution in [0.15, 0.2) is 47.2 Å². The molecule has 0 bridgehead atoms. The smallest absolute Gasteiger partial charge is 0.226 e. The maximum absolute atomic E-state index is 11.0. The van der Waals surface area contributed by atoms with Crippen molar-refractivity contribution >= 4 is 22.9 Å². The van der Waals surface area contributed by atoms with Crippen molar-refractivity contribution < 1.29 is 19.5 Å². The maximum Gasteiger partial charge on any atom is 0.226 e. The second-order valence-corrected chi connectivity index (χ2v) is 10.4. The van der Waals surface area contributed by atoms with Gasteiger partial charge in [-0.15, -0.1) is 0 Å². The van der Waals surface area contributed by atoms with E-state index in [2.05, 4.69) is 25.7 Å². The number of aryl methyl sites for hydroxylation is 1. The van der Waals surface area contributed by atoms with Crippen molar-refractivity contribution in [1.29, 1.82) is 0 Å². The van der Waals surface area contributed by atoms with Crippen molar-refractivity contribution in [2.24, 2.45) is 0 Å². The number of imidazole rings is 1. The molecule has 2 saturated heterocycles. The van der Waals surface area contributed by atoms with E-state index in [1.54, 1.807) is 17.0 Å². The third-order valence-corrected chi connectivity index (χ3v) is 7.62. The number of piperidine rings is 1. The summed E-state index contributed by atoms with van der Waals surface area (Å²) in [5.41, 5.74) is 2.88. The monoisotopic (exact) mass is 548 g/mol. The van der Waals surface area contributed by atoms with Gasteiger partial charge in [0.2, 0.25) is 5.95 Å². The topological polar surface area (TPSA) is 147 Å². The van der Waals surface area contributed by atoms with E-state index in [0.29, 0.717) is 48.2 Å². The highest BCUT2D eigenvalue weighted by atomic mass is 16.6. The van der Waals surface area contributed by atoms with E-state index in [-0.39, 0.29) is 0 Å². The summed E-state index contributed by atoms with van der Waals surface area (Å²) in [6, 6.07) is 11.8. The number of aliphatic hydroxyl groups excluding tert-OH is 2. The Labute approximate surface area is 232 Å². The number of ether oxygens (including phenoxy) is 1. The molecule has 4 N–H and O–H groups in total. The molecular weight excluding hydrogens is 512 g/mol. The molecule has 0 saturated carbocycles. The van der Waals surface area contributed by atoms with Crippen LogP contribution in [-0.4, -0.2) is 78.2 Å². The Bertz CT molecular complexity index is 1400. The van der Waals surface area contributed by atoms with Gasteiger partial charge in [-0.1, -0.05) is 48.8 Å². The van der Waals surface area contributed by atoms with Crippen LogP contribution in [0.1, 0.15) is 55.5 Å². The first-order chi connectivity index (χ1) is 19.6. The lowest BCUT2D eigenvalue weighted by Gasteiger charge is -2.26. The number of aliphatic hydroxyl groups is 2. The normalized spacial score (nSPS) is 23.6. The van der Waals surface area contributed by atoms with E-state index in [4.69, 9.17) is 19.2 Å². The molecule has 0 radical (unpaired) electrons. The first-order valence-corrected chi connectivity index (χ1v) is 14.1. The summed E-state index contributed by atoms with van der Waals surface area (Å²) in [7, 11) is 0. The molecule has 212 valence electrons. The minimum absolute atomic E-state index is 0.371. The van der Waals surface area contributed by atoms with Gasteiger partial charge in [-0.2, -0.15) is 9.97 Å². The number of nitrogens with zero attached hydrogens (tertiary/aromatic N) is 6. The Morgan fingerprint density at radius 3 is 2.62 bits per heavy atom. The van der Waals surface area contributed by atoms with Crippen molar-refractivity contribution in [3.05, 3.63) is 59.7 Å². The van der Waals surface area contributed by atoms with Gasteiger partial charge >= 0.3 is 0 Å². The summed E-state index contributed by atoms with van der Waals surface area (Å²) >= 11 is 0. The van der Waals surface area contributed by atoms with Gasteiger partial charge in [-0.25, -0.2) is 4.98 Å². The van der Waals surface area contributed by atoms with Crippen LogP contribution in [0.25, 0.3) is 11.2 Å². The highest BCUT2D eigenvalue weighted by Gasteiger charge is 2.47. The molecule has 2 fully saturated rings. The van der Waals surface area contributed by atoms with Gasteiger partial charge in [0.15, 0.2) is 29.0 Å². The predicted octanol–water partition coefficient (Wildman–Crippen LogP) is 2.88. The molecule has 12 heteroatoms. The molecule has 2 aliphatic heterocycles. The lowest BCUT2D eigenvalue weighted by Crippen LogP contribution is -2.34. The van der Waals surface area contributed by atoms with Gasteiger partial charge < -0.3 is 35.0 Å². The molecule has 4 aromatic rings. The summed E-state index contributed by atoms with van der Waals surface area (Å²) in [6.07, 6.45) is 1.77. The fourth-order valence-electron chi connectivity index (χ4n) is 5.35. The average molecular weight is 549 g/mol. The molecule has 0 aliphatic carbocycles. The van der Waals surface area contributed by atoms with Crippen molar-refractivity contribution in [3.8, 4) is 0 Å². The summed E-state index contributed by atoms with van der Waals surface area (Å²) in [5.74, 6) is 1.39. The SMILES string of the molecule is CCc1cc(C2OC(n3cnc4c(NCc5ccccc5)nc(NCCN5CCCCC5)nc43)C(O)C2O)on1. The third-order valence-electron chi connectivity index (χ3n) is 7.62. The van der Waals surface area contributed by atoms with Crippen molar-refractivity contribution in [3.63, 3.8) is 0 Å². The number of hydrogen-bond acceptors (Lipinski definition) is 11. The first kappa shape index (κ1) is 26.6. The van der Waals surface area contributed by atoms with Crippen LogP contribution in [0.4, 0.5) is 11.8 Å². The number of likely N-dealkylation sites (tertiary alicyclic amines) is 1. The van der Waals surface area contributed by atoms with Gasteiger partial charge in [0.1, 0.15) is 18.3 Å². The van der Waals surface area contributed by atoms with Crippen LogP contribution in [0.2, 0.25) is 0 Å². The van der Waals surface area contributed by atoms with Crippen LogP contribution in [-0.2, 0) is 17.7 Å². The molecule has 12 nitrogen and oxygen atoms in total. The fourth-order valence-corrected chi connectivity index (χ4v) is 5.35. The maximum atomic E-state index is 11.0. The standard InChI is InChI=1S/C28H36N8O4/c1-2-19-15-20(40-34-19)24-22(37)23(38)27(39-24)36-17-31-21-25(30-16-18-9-5-3-6-10-18)32-28(33-26(21)36)29-11-14-35-12-7-4-8-13-35/h3,5-6,9-10,15,17,22-24,27,37-38H,2,4,7-8,11-14,16H2,1H3,(H2,29,30,32,33). The molecule has 3 aromatic heterocycles. The molecule has 2 aliphatic rings. The predicted molar refractivity (Wildman–Crippen MR) is 149 cm³/mol. The quantitative estimate of drug-likeness (QED) is 0.232. The molecule has 5 heterocycles.